The minimum Gasteiger partial charge on any atom is -0.306 e. The molecule has 0 amide bonds. The molecule has 0 aliphatic rings. The monoisotopic (exact) mass is 421 g/mol. The van der Waals surface area contributed by atoms with Crippen LogP contribution in [0, 0.1) is 0 Å². The van der Waals surface area contributed by atoms with Crippen LogP contribution in [0.15, 0.2) is 38.6 Å². The van der Waals surface area contributed by atoms with E-state index in [2.05, 4.69) is 56.2 Å². The first-order valence-electron chi connectivity index (χ1n) is 6.05. The molecule has 1 unspecified atom stereocenters. The normalized spacial score (nSPS) is 12.6. The lowest BCUT2D eigenvalue weighted by molar-refractivity contribution is 0.604. The van der Waals surface area contributed by atoms with Crippen LogP contribution in [0.1, 0.15) is 29.8 Å². The number of benzene rings is 1. The zero-order valence-corrected chi connectivity index (χ0v) is 15.2. The van der Waals surface area contributed by atoms with Gasteiger partial charge in [0, 0.05) is 14.4 Å². The highest BCUT2D eigenvalue weighted by Gasteiger charge is 2.18. The first-order valence-corrected chi connectivity index (χ1v) is 8.83. The number of nitrogens with one attached hydrogen (secondary N) is 1. The van der Waals surface area contributed by atoms with Crippen LogP contribution in [0.4, 0.5) is 0 Å². The third-order valence-corrected chi connectivity index (χ3v) is 5.39. The SMILES string of the molecule is CCCNC(c1ccc(Br)s1)c1cc(Cl)ccc1Br. The van der Waals surface area contributed by atoms with Crippen molar-refractivity contribution in [2.75, 3.05) is 6.54 Å². The van der Waals surface area contributed by atoms with Crippen molar-refractivity contribution < 1.29 is 0 Å². The summed E-state index contributed by atoms with van der Waals surface area (Å²) in [7, 11) is 0. The molecule has 0 aliphatic carbocycles. The summed E-state index contributed by atoms with van der Waals surface area (Å²) in [4.78, 5) is 1.28. The van der Waals surface area contributed by atoms with Gasteiger partial charge in [-0.1, -0.05) is 34.5 Å². The second-order valence-corrected chi connectivity index (χ2v) is 7.98. The van der Waals surface area contributed by atoms with E-state index in [-0.39, 0.29) is 6.04 Å². The summed E-state index contributed by atoms with van der Waals surface area (Å²) in [6.07, 6.45) is 1.10. The third kappa shape index (κ3) is 4.05. The molecule has 102 valence electrons. The van der Waals surface area contributed by atoms with Crippen molar-refractivity contribution in [1.82, 2.24) is 5.32 Å². The van der Waals surface area contributed by atoms with Gasteiger partial charge in [-0.2, -0.15) is 0 Å². The second-order valence-electron chi connectivity index (χ2n) is 4.19. The molecule has 19 heavy (non-hydrogen) atoms. The molecule has 1 heterocycles. The number of hydrogen-bond donors (Lipinski definition) is 1. The van der Waals surface area contributed by atoms with Crippen LogP contribution < -0.4 is 5.32 Å². The van der Waals surface area contributed by atoms with Gasteiger partial charge in [0.1, 0.15) is 0 Å². The summed E-state index contributed by atoms with van der Waals surface area (Å²) < 4.78 is 2.22. The van der Waals surface area contributed by atoms with Gasteiger partial charge >= 0.3 is 0 Å². The first kappa shape index (κ1) is 15.5. The predicted molar refractivity (Wildman–Crippen MR) is 91.3 cm³/mol. The summed E-state index contributed by atoms with van der Waals surface area (Å²) in [5.41, 5.74) is 1.18. The van der Waals surface area contributed by atoms with E-state index < -0.39 is 0 Å². The lowest BCUT2D eigenvalue weighted by atomic mass is 10.1. The fourth-order valence-electron chi connectivity index (χ4n) is 1.87. The van der Waals surface area contributed by atoms with Crippen LogP contribution in [0.3, 0.4) is 0 Å². The minimum atomic E-state index is 0.171. The first-order chi connectivity index (χ1) is 9.11. The number of hydrogen-bond acceptors (Lipinski definition) is 2. The molecule has 0 saturated carbocycles. The molecule has 0 radical (unpaired) electrons. The molecule has 1 aromatic heterocycles. The Kier molecular flexibility index (Phi) is 5.90. The molecule has 1 N–H and O–H groups in total. The molecule has 0 bridgehead atoms. The maximum Gasteiger partial charge on any atom is 0.0702 e. The van der Waals surface area contributed by atoms with Crippen LogP contribution in [0.5, 0.6) is 0 Å². The van der Waals surface area contributed by atoms with Gasteiger partial charge in [-0.15, -0.1) is 11.3 Å². The van der Waals surface area contributed by atoms with Crippen molar-refractivity contribution >= 4 is 54.8 Å². The highest BCUT2D eigenvalue weighted by Crippen LogP contribution is 2.35. The summed E-state index contributed by atoms with van der Waals surface area (Å²) in [6.45, 7) is 3.14. The lowest BCUT2D eigenvalue weighted by Crippen LogP contribution is -2.22. The molecular formula is C14H14Br2ClNS. The number of halogens is 3. The Hall–Kier alpha value is 0.130. The zero-order valence-electron chi connectivity index (χ0n) is 10.4. The zero-order chi connectivity index (χ0) is 13.8. The van der Waals surface area contributed by atoms with Crippen LogP contribution in [0.2, 0.25) is 5.02 Å². The largest absolute Gasteiger partial charge is 0.306 e. The van der Waals surface area contributed by atoms with E-state index in [0.29, 0.717) is 0 Å². The smallest absolute Gasteiger partial charge is 0.0702 e. The van der Waals surface area contributed by atoms with Gasteiger partial charge in [0.25, 0.3) is 0 Å². The van der Waals surface area contributed by atoms with Gasteiger partial charge in [0.05, 0.1) is 9.83 Å². The second kappa shape index (κ2) is 7.23. The van der Waals surface area contributed by atoms with Gasteiger partial charge < -0.3 is 5.32 Å². The third-order valence-electron chi connectivity index (χ3n) is 2.75. The highest BCUT2D eigenvalue weighted by atomic mass is 79.9. The Labute approximate surface area is 139 Å². The average molecular weight is 424 g/mol. The highest BCUT2D eigenvalue weighted by molar-refractivity contribution is 9.11. The van der Waals surface area contributed by atoms with Crippen molar-refractivity contribution in [3.63, 3.8) is 0 Å². The molecule has 1 nitrogen and oxygen atoms in total. The molecule has 2 aromatic rings. The van der Waals surface area contributed by atoms with E-state index >= 15 is 0 Å². The molecule has 1 aromatic carbocycles. The summed E-state index contributed by atoms with van der Waals surface area (Å²) in [5.74, 6) is 0. The van der Waals surface area contributed by atoms with E-state index in [0.717, 1.165) is 26.2 Å². The van der Waals surface area contributed by atoms with Crippen LogP contribution in [-0.2, 0) is 0 Å². The van der Waals surface area contributed by atoms with Crippen molar-refractivity contribution in [3.8, 4) is 0 Å². The van der Waals surface area contributed by atoms with Gasteiger partial charge in [-0.3, -0.25) is 0 Å². The molecular weight excluding hydrogens is 409 g/mol. The van der Waals surface area contributed by atoms with Crippen LogP contribution >= 0.6 is 54.8 Å². The van der Waals surface area contributed by atoms with Gasteiger partial charge in [0.15, 0.2) is 0 Å². The quantitative estimate of drug-likeness (QED) is 0.620. The molecule has 0 aliphatic heterocycles. The average Bonchev–Trinajstić information content (AvgIpc) is 2.80. The van der Waals surface area contributed by atoms with Crippen molar-refractivity contribution in [3.05, 3.63) is 54.1 Å². The van der Waals surface area contributed by atoms with Gasteiger partial charge in [-0.25, -0.2) is 0 Å². The van der Waals surface area contributed by atoms with E-state index in [1.54, 1.807) is 11.3 Å². The van der Waals surface area contributed by atoms with E-state index in [1.807, 2.05) is 18.2 Å². The molecule has 0 spiro atoms. The molecule has 5 heteroatoms. The van der Waals surface area contributed by atoms with Crippen molar-refractivity contribution in [2.45, 2.75) is 19.4 Å². The Bertz CT molecular complexity index is 556. The Balaban J connectivity index is 2.39. The number of rotatable bonds is 5. The Morgan fingerprint density at radius 3 is 2.68 bits per heavy atom. The maximum atomic E-state index is 6.13. The Morgan fingerprint density at radius 1 is 1.26 bits per heavy atom. The van der Waals surface area contributed by atoms with Crippen molar-refractivity contribution in [2.24, 2.45) is 0 Å². The maximum absolute atomic E-state index is 6.13. The minimum absolute atomic E-state index is 0.171. The van der Waals surface area contributed by atoms with Gasteiger partial charge in [-0.05, 0) is 64.8 Å². The summed E-state index contributed by atoms with van der Waals surface area (Å²) in [5, 5.41) is 4.35. The van der Waals surface area contributed by atoms with Crippen molar-refractivity contribution in [1.29, 1.82) is 0 Å². The standard InChI is InChI=1S/C14H14Br2ClNS/c1-2-7-18-14(12-5-6-13(16)19-12)10-8-9(17)3-4-11(10)15/h3-6,8,14,18H,2,7H2,1H3. The van der Waals surface area contributed by atoms with E-state index in [9.17, 15) is 0 Å². The predicted octanol–water partition coefficient (Wildman–Crippen LogP) is 6.02. The molecule has 1 atom stereocenters. The van der Waals surface area contributed by atoms with Crippen LogP contribution in [-0.4, -0.2) is 6.54 Å². The van der Waals surface area contributed by atoms with Crippen LogP contribution in [0.25, 0.3) is 0 Å². The molecule has 0 fully saturated rings. The van der Waals surface area contributed by atoms with E-state index in [4.69, 9.17) is 11.6 Å². The molecule has 0 saturated heterocycles. The summed E-state index contributed by atoms with van der Waals surface area (Å²) in [6, 6.07) is 10.3. The fraction of sp³-hybridized carbons (Fsp3) is 0.286. The molecule has 2 rings (SSSR count). The Morgan fingerprint density at radius 2 is 2.05 bits per heavy atom. The number of thiophene rings is 1. The fourth-order valence-corrected chi connectivity index (χ4v) is 4.05. The van der Waals surface area contributed by atoms with Gasteiger partial charge in [0.2, 0.25) is 0 Å². The lowest BCUT2D eigenvalue weighted by Gasteiger charge is -2.19. The summed E-state index contributed by atoms with van der Waals surface area (Å²) >= 11 is 15.0. The topological polar surface area (TPSA) is 12.0 Å². The van der Waals surface area contributed by atoms with E-state index in [1.165, 1.54) is 10.4 Å².